The van der Waals surface area contributed by atoms with Crippen LogP contribution < -0.4 is 5.32 Å². The molecule has 1 N–H and O–H groups in total. The number of rotatable bonds is 1. The van der Waals surface area contributed by atoms with Gasteiger partial charge in [-0.15, -0.1) is 0 Å². The Bertz CT molecular complexity index is 340. The van der Waals surface area contributed by atoms with E-state index in [9.17, 15) is 4.39 Å². The fourth-order valence-corrected chi connectivity index (χ4v) is 1.75. The van der Waals surface area contributed by atoms with Gasteiger partial charge in [-0.3, -0.25) is 0 Å². The maximum Gasteiger partial charge on any atom is 0.132 e. The lowest BCUT2D eigenvalue weighted by Gasteiger charge is -2.05. The third-order valence-corrected chi connectivity index (χ3v) is 2.41. The van der Waals surface area contributed by atoms with Gasteiger partial charge in [-0.1, -0.05) is 23.7 Å². The topological polar surface area (TPSA) is 12.0 Å². The molecule has 1 aromatic rings. The maximum absolute atomic E-state index is 13.3. The summed E-state index contributed by atoms with van der Waals surface area (Å²) < 4.78 is 13.3. The first-order valence-electron chi connectivity index (χ1n) is 4.13. The van der Waals surface area contributed by atoms with Crippen LogP contribution in [0.3, 0.4) is 0 Å². The Kier molecular flexibility index (Phi) is 2.34. The van der Waals surface area contributed by atoms with Gasteiger partial charge in [0.05, 0.1) is 5.02 Å². The summed E-state index contributed by atoms with van der Waals surface area (Å²) in [6.45, 7) is 1.49. The molecular formula is C10H9ClFN. The Morgan fingerprint density at radius 1 is 1.38 bits per heavy atom. The van der Waals surface area contributed by atoms with E-state index in [-0.39, 0.29) is 5.82 Å². The molecule has 0 saturated carbocycles. The Hall–Kier alpha value is -0.860. The van der Waals surface area contributed by atoms with E-state index < -0.39 is 0 Å². The first kappa shape index (κ1) is 8.73. The highest BCUT2D eigenvalue weighted by molar-refractivity contribution is 6.32. The summed E-state index contributed by atoms with van der Waals surface area (Å²) in [5.74, 6) is -0.248. The van der Waals surface area contributed by atoms with Crippen LogP contribution >= 0.6 is 11.6 Å². The van der Waals surface area contributed by atoms with Crippen LogP contribution in [0, 0.1) is 5.82 Å². The maximum atomic E-state index is 13.3. The predicted octanol–water partition coefficient (Wildman–Crippen LogP) is 2.47. The van der Waals surface area contributed by atoms with Gasteiger partial charge in [0.15, 0.2) is 0 Å². The second-order valence-corrected chi connectivity index (χ2v) is 3.36. The van der Waals surface area contributed by atoms with Crippen molar-refractivity contribution in [1.82, 2.24) is 5.32 Å². The minimum atomic E-state index is -0.248. The summed E-state index contributed by atoms with van der Waals surface area (Å²) in [6, 6.07) is 4.75. The van der Waals surface area contributed by atoms with Crippen LogP contribution in [-0.2, 0) is 0 Å². The van der Waals surface area contributed by atoms with Gasteiger partial charge < -0.3 is 5.32 Å². The van der Waals surface area contributed by atoms with Crippen LogP contribution in [0.4, 0.5) is 4.39 Å². The van der Waals surface area contributed by atoms with Crippen molar-refractivity contribution in [2.45, 2.75) is 0 Å². The molecule has 0 aliphatic carbocycles. The highest BCUT2D eigenvalue weighted by atomic mass is 35.5. The zero-order chi connectivity index (χ0) is 9.26. The molecule has 0 fully saturated rings. The van der Waals surface area contributed by atoms with E-state index in [1.165, 1.54) is 6.07 Å². The van der Waals surface area contributed by atoms with E-state index in [1.54, 1.807) is 12.1 Å². The summed E-state index contributed by atoms with van der Waals surface area (Å²) in [5.41, 5.74) is 1.48. The molecule has 0 bridgehead atoms. The van der Waals surface area contributed by atoms with Crippen molar-refractivity contribution in [3.05, 3.63) is 40.7 Å². The van der Waals surface area contributed by atoms with E-state index in [2.05, 4.69) is 5.32 Å². The average molecular weight is 198 g/mol. The summed E-state index contributed by atoms with van der Waals surface area (Å²) in [5, 5.41) is 3.59. The first-order valence-corrected chi connectivity index (χ1v) is 4.51. The van der Waals surface area contributed by atoms with Crippen molar-refractivity contribution >= 4 is 17.2 Å². The monoisotopic (exact) mass is 197 g/mol. The number of hydrogen-bond acceptors (Lipinski definition) is 1. The molecule has 68 valence electrons. The molecule has 0 amide bonds. The lowest BCUT2D eigenvalue weighted by molar-refractivity contribution is 0.623. The molecular weight excluding hydrogens is 189 g/mol. The molecule has 3 heteroatoms. The van der Waals surface area contributed by atoms with Crippen molar-refractivity contribution in [2.24, 2.45) is 0 Å². The molecule has 1 aliphatic heterocycles. The predicted molar refractivity (Wildman–Crippen MR) is 52.3 cm³/mol. The Balaban J connectivity index is 2.49. The van der Waals surface area contributed by atoms with Crippen LogP contribution in [0.2, 0.25) is 5.02 Å². The number of nitrogens with one attached hydrogen (secondary N) is 1. The molecule has 0 radical (unpaired) electrons. The van der Waals surface area contributed by atoms with Gasteiger partial charge in [0.2, 0.25) is 0 Å². The molecule has 1 aromatic carbocycles. The highest BCUT2D eigenvalue weighted by Gasteiger charge is 2.13. The fraction of sp³-hybridized carbons (Fsp3) is 0.200. The Labute approximate surface area is 81.2 Å². The van der Waals surface area contributed by atoms with E-state index in [1.807, 2.05) is 6.08 Å². The lowest BCUT2D eigenvalue weighted by Crippen LogP contribution is -2.08. The highest BCUT2D eigenvalue weighted by Crippen LogP contribution is 2.27. The normalized spacial score (nSPS) is 16.0. The molecule has 0 spiro atoms. The third kappa shape index (κ3) is 1.60. The van der Waals surface area contributed by atoms with Gasteiger partial charge >= 0.3 is 0 Å². The number of hydrogen-bond donors (Lipinski definition) is 1. The molecule has 1 nitrogen and oxygen atoms in total. The van der Waals surface area contributed by atoms with Crippen molar-refractivity contribution < 1.29 is 4.39 Å². The minimum absolute atomic E-state index is 0.248. The van der Waals surface area contributed by atoms with Gasteiger partial charge in [-0.2, -0.15) is 0 Å². The zero-order valence-electron chi connectivity index (χ0n) is 6.98. The molecule has 0 aromatic heterocycles. The standard InChI is InChI=1S/C10H9ClFN/c11-8-2-1-3-9(12)10(8)7-4-5-13-6-7/h1-4,13H,5-6H2. The average Bonchev–Trinajstić information content (AvgIpc) is 2.57. The zero-order valence-corrected chi connectivity index (χ0v) is 7.74. The van der Waals surface area contributed by atoms with E-state index in [0.717, 1.165) is 12.1 Å². The largest absolute Gasteiger partial charge is 0.309 e. The van der Waals surface area contributed by atoms with Crippen LogP contribution in [0.15, 0.2) is 24.3 Å². The van der Waals surface area contributed by atoms with Crippen LogP contribution in [0.25, 0.3) is 5.57 Å². The molecule has 1 aliphatic rings. The lowest BCUT2D eigenvalue weighted by atomic mass is 10.1. The van der Waals surface area contributed by atoms with Crippen molar-refractivity contribution in [2.75, 3.05) is 13.1 Å². The van der Waals surface area contributed by atoms with Gasteiger partial charge in [0.1, 0.15) is 5.82 Å². The number of halogens is 2. The van der Waals surface area contributed by atoms with Gasteiger partial charge in [0, 0.05) is 18.7 Å². The first-order chi connectivity index (χ1) is 6.29. The summed E-state index contributed by atoms with van der Waals surface area (Å²) in [4.78, 5) is 0. The molecule has 0 saturated heterocycles. The van der Waals surface area contributed by atoms with Gasteiger partial charge in [-0.25, -0.2) is 4.39 Å². The van der Waals surface area contributed by atoms with Crippen LogP contribution in [0.1, 0.15) is 5.56 Å². The second-order valence-electron chi connectivity index (χ2n) is 2.96. The van der Waals surface area contributed by atoms with Crippen molar-refractivity contribution in [1.29, 1.82) is 0 Å². The molecule has 1 heterocycles. The van der Waals surface area contributed by atoms with Crippen molar-refractivity contribution in [3.8, 4) is 0 Å². The SMILES string of the molecule is Fc1cccc(Cl)c1C1=CCNC1. The molecule has 13 heavy (non-hydrogen) atoms. The third-order valence-electron chi connectivity index (χ3n) is 2.09. The van der Waals surface area contributed by atoms with Crippen LogP contribution in [0.5, 0.6) is 0 Å². The smallest absolute Gasteiger partial charge is 0.132 e. The van der Waals surface area contributed by atoms with E-state index in [0.29, 0.717) is 17.1 Å². The quantitative estimate of drug-likeness (QED) is 0.730. The Morgan fingerprint density at radius 3 is 2.85 bits per heavy atom. The Morgan fingerprint density at radius 2 is 2.23 bits per heavy atom. The van der Waals surface area contributed by atoms with E-state index >= 15 is 0 Å². The summed E-state index contributed by atoms with van der Waals surface area (Å²) in [6.07, 6.45) is 1.96. The van der Waals surface area contributed by atoms with Crippen LogP contribution in [-0.4, -0.2) is 13.1 Å². The molecule has 0 unspecified atom stereocenters. The summed E-state index contributed by atoms with van der Waals surface area (Å²) in [7, 11) is 0. The van der Waals surface area contributed by atoms with Gasteiger partial charge in [0.25, 0.3) is 0 Å². The van der Waals surface area contributed by atoms with Gasteiger partial charge in [-0.05, 0) is 17.7 Å². The number of benzene rings is 1. The van der Waals surface area contributed by atoms with E-state index in [4.69, 9.17) is 11.6 Å². The molecule has 0 atom stereocenters. The fourth-order valence-electron chi connectivity index (χ4n) is 1.47. The minimum Gasteiger partial charge on any atom is -0.309 e. The second kappa shape index (κ2) is 3.48. The summed E-state index contributed by atoms with van der Waals surface area (Å²) >= 11 is 5.90. The molecule has 2 rings (SSSR count). The van der Waals surface area contributed by atoms with Crippen molar-refractivity contribution in [3.63, 3.8) is 0 Å².